The lowest BCUT2D eigenvalue weighted by atomic mass is 10.2. The molecule has 3 aromatic rings. The molecule has 5 nitrogen and oxygen atoms in total. The maximum Gasteiger partial charge on any atom is 0.230 e. The predicted molar refractivity (Wildman–Crippen MR) is 102 cm³/mol. The minimum atomic E-state index is -0.00202. The molecule has 0 fully saturated rings. The van der Waals surface area contributed by atoms with Gasteiger partial charge >= 0.3 is 0 Å². The number of carbonyl (C=O) groups is 1. The van der Waals surface area contributed by atoms with Gasteiger partial charge in [0.05, 0.1) is 18.3 Å². The van der Waals surface area contributed by atoms with Gasteiger partial charge in [-0.1, -0.05) is 48.2 Å². The Bertz CT molecular complexity index is 815. The molecule has 0 aliphatic heterocycles. The van der Waals surface area contributed by atoms with Gasteiger partial charge in [-0.2, -0.15) is 0 Å². The monoisotopic (exact) mass is 372 g/mol. The molecule has 0 aliphatic rings. The van der Waals surface area contributed by atoms with Crippen LogP contribution in [0.3, 0.4) is 0 Å². The van der Waals surface area contributed by atoms with Crippen LogP contribution in [-0.2, 0) is 11.3 Å². The Hall–Kier alpha value is -2.12. The number of hydrogen-bond acceptors (Lipinski definition) is 5. The number of benzene rings is 1. The summed E-state index contributed by atoms with van der Waals surface area (Å²) < 4.78 is 2.04. The molecule has 1 atom stereocenters. The van der Waals surface area contributed by atoms with Gasteiger partial charge in [0.25, 0.3) is 0 Å². The lowest BCUT2D eigenvalue weighted by molar-refractivity contribution is -0.119. The summed E-state index contributed by atoms with van der Waals surface area (Å²) in [6.45, 7) is 4.63. The van der Waals surface area contributed by atoms with Crippen LogP contribution < -0.4 is 5.32 Å². The fraction of sp³-hybridized carbons (Fsp3) is 0.278. The highest BCUT2D eigenvalue weighted by Gasteiger charge is 2.14. The molecule has 1 aromatic carbocycles. The molecule has 0 unspecified atom stereocenters. The van der Waals surface area contributed by atoms with E-state index in [-0.39, 0.29) is 11.9 Å². The molecular formula is C18H20N4OS2. The van der Waals surface area contributed by atoms with E-state index >= 15 is 0 Å². The fourth-order valence-corrected chi connectivity index (χ4v) is 3.97. The summed E-state index contributed by atoms with van der Waals surface area (Å²) in [4.78, 5) is 13.4. The van der Waals surface area contributed by atoms with Crippen LogP contribution in [-0.4, -0.2) is 26.4 Å². The lowest BCUT2D eigenvalue weighted by Gasteiger charge is -2.12. The van der Waals surface area contributed by atoms with Gasteiger partial charge in [-0.05, 0) is 30.9 Å². The van der Waals surface area contributed by atoms with E-state index in [4.69, 9.17) is 0 Å². The molecule has 2 heterocycles. The zero-order chi connectivity index (χ0) is 17.6. The molecule has 1 N–H and O–H groups in total. The number of aromatic nitrogens is 3. The van der Waals surface area contributed by atoms with E-state index in [2.05, 4.69) is 27.6 Å². The van der Waals surface area contributed by atoms with Crippen molar-refractivity contribution in [3.63, 3.8) is 0 Å². The van der Waals surface area contributed by atoms with E-state index in [1.807, 2.05) is 54.1 Å². The molecule has 130 valence electrons. The maximum atomic E-state index is 12.2. The number of thioether (sulfide) groups is 1. The van der Waals surface area contributed by atoms with Gasteiger partial charge in [-0.15, -0.1) is 21.5 Å². The van der Waals surface area contributed by atoms with Crippen molar-refractivity contribution in [3.05, 3.63) is 64.1 Å². The van der Waals surface area contributed by atoms with Crippen LogP contribution in [0.4, 0.5) is 0 Å². The van der Waals surface area contributed by atoms with Crippen molar-refractivity contribution in [1.29, 1.82) is 0 Å². The Morgan fingerprint density at radius 2 is 2.04 bits per heavy atom. The maximum absolute atomic E-state index is 12.2. The van der Waals surface area contributed by atoms with E-state index < -0.39 is 0 Å². The number of nitrogens with one attached hydrogen (secondary N) is 1. The Kier molecular flexibility index (Phi) is 5.88. The van der Waals surface area contributed by atoms with Gasteiger partial charge in [0.1, 0.15) is 5.82 Å². The van der Waals surface area contributed by atoms with Crippen LogP contribution in [0.1, 0.15) is 29.2 Å². The Morgan fingerprint density at radius 3 is 2.76 bits per heavy atom. The molecule has 0 spiro atoms. The summed E-state index contributed by atoms with van der Waals surface area (Å²) in [5, 5.41) is 14.2. The number of hydrogen-bond donors (Lipinski definition) is 1. The number of carbonyl (C=O) groups excluding carboxylic acids is 1. The fourth-order valence-electron chi connectivity index (χ4n) is 2.44. The van der Waals surface area contributed by atoms with E-state index in [0.717, 1.165) is 15.9 Å². The second-order valence-corrected chi connectivity index (χ2v) is 7.62. The molecule has 2 aromatic heterocycles. The van der Waals surface area contributed by atoms with Crippen LogP contribution in [0, 0.1) is 6.92 Å². The third-order valence-electron chi connectivity index (χ3n) is 3.77. The van der Waals surface area contributed by atoms with Crippen LogP contribution >= 0.6 is 23.1 Å². The van der Waals surface area contributed by atoms with Crippen LogP contribution in [0.5, 0.6) is 0 Å². The highest BCUT2D eigenvalue weighted by Crippen LogP contribution is 2.20. The molecule has 0 radical (unpaired) electrons. The van der Waals surface area contributed by atoms with Gasteiger partial charge < -0.3 is 9.88 Å². The van der Waals surface area contributed by atoms with E-state index in [1.165, 1.54) is 17.3 Å². The largest absolute Gasteiger partial charge is 0.348 e. The van der Waals surface area contributed by atoms with Gasteiger partial charge in [0.2, 0.25) is 5.91 Å². The van der Waals surface area contributed by atoms with Gasteiger partial charge in [0, 0.05) is 4.88 Å². The Labute approximate surface area is 155 Å². The number of rotatable bonds is 7. The van der Waals surface area contributed by atoms with Crippen LogP contribution in [0.2, 0.25) is 0 Å². The minimum Gasteiger partial charge on any atom is -0.348 e. The molecule has 0 bridgehead atoms. The number of amides is 1. The SMILES string of the molecule is Cc1nnc(SCC(=O)N[C@H](C)c2cccs2)n1Cc1ccccc1. The predicted octanol–water partition coefficient (Wildman–Crippen LogP) is 3.67. The number of aryl methyl sites for hydroxylation is 1. The molecule has 0 saturated heterocycles. The van der Waals surface area contributed by atoms with Crippen LogP contribution in [0.15, 0.2) is 53.0 Å². The molecule has 3 rings (SSSR count). The zero-order valence-electron chi connectivity index (χ0n) is 14.2. The highest BCUT2D eigenvalue weighted by atomic mass is 32.2. The third-order valence-corrected chi connectivity index (χ3v) is 5.79. The summed E-state index contributed by atoms with van der Waals surface area (Å²) in [6.07, 6.45) is 0. The second-order valence-electron chi connectivity index (χ2n) is 5.69. The van der Waals surface area contributed by atoms with E-state index in [9.17, 15) is 4.79 Å². The molecule has 1 amide bonds. The lowest BCUT2D eigenvalue weighted by Crippen LogP contribution is -2.27. The molecule has 7 heteroatoms. The first-order valence-corrected chi connectivity index (χ1v) is 9.89. The summed E-state index contributed by atoms with van der Waals surface area (Å²) >= 11 is 3.06. The van der Waals surface area contributed by atoms with Gasteiger partial charge in [-0.25, -0.2) is 0 Å². The first kappa shape index (κ1) is 17.7. The molecular weight excluding hydrogens is 352 g/mol. The Balaban J connectivity index is 1.59. The summed E-state index contributed by atoms with van der Waals surface area (Å²) in [7, 11) is 0. The summed E-state index contributed by atoms with van der Waals surface area (Å²) in [5.74, 6) is 1.17. The Morgan fingerprint density at radius 1 is 1.24 bits per heavy atom. The minimum absolute atomic E-state index is 0.00202. The molecule has 0 saturated carbocycles. The average molecular weight is 373 g/mol. The van der Waals surface area contributed by atoms with Crippen molar-refractivity contribution in [2.45, 2.75) is 31.6 Å². The summed E-state index contributed by atoms with van der Waals surface area (Å²) in [5.41, 5.74) is 1.18. The first-order valence-electron chi connectivity index (χ1n) is 8.03. The van der Waals surface area contributed by atoms with Crippen molar-refractivity contribution in [2.75, 3.05) is 5.75 Å². The zero-order valence-corrected chi connectivity index (χ0v) is 15.8. The van der Waals surface area contributed by atoms with Gasteiger partial charge in [-0.3, -0.25) is 4.79 Å². The highest BCUT2D eigenvalue weighted by molar-refractivity contribution is 7.99. The second kappa shape index (κ2) is 8.31. The van der Waals surface area contributed by atoms with E-state index in [1.54, 1.807) is 11.3 Å². The molecule has 25 heavy (non-hydrogen) atoms. The summed E-state index contributed by atoms with van der Waals surface area (Å²) in [6, 6.07) is 14.2. The first-order chi connectivity index (χ1) is 12.1. The topological polar surface area (TPSA) is 59.8 Å². The third kappa shape index (κ3) is 4.70. The smallest absolute Gasteiger partial charge is 0.230 e. The van der Waals surface area contributed by atoms with Crippen molar-refractivity contribution in [3.8, 4) is 0 Å². The van der Waals surface area contributed by atoms with Crippen LogP contribution in [0.25, 0.3) is 0 Å². The average Bonchev–Trinajstić information content (AvgIpc) is 3.26. The quantitative estimate of drug-likeness (QED) is 0.643. The van der Waals surface area contributed by atoms with Gasteiger partial charge in [0.15, 0.2) is 5.16 Å². The van der Waals surface area contributed by atoms with Crippen molar-refractivity contribution >= 4 is 29.0 Å². The van der Waals surface area contributed by atoms with Crippen molar-refractivity contribution < 1.29 is 4.79 Å². The standard InChI is InChI=1S/C18H20N4OS2/c1-13(16-9-6-10-24-16)19-17(23)12-25-18-21-20-14(2)22(18)11-15-7-4-3-5-8-15/h3-10,13H,11-12H2,1-2H3,(H,19,23)/t13-/m1/s1. The van der Waals surface area contributed by atoms with Crippen molar-refractivity contribution in [2.24, 2.45) is 0 Å². The molecule has 0 aliphatic carbocycles. The number of nitrogens with zero attached hydrogens (tertiary/aromatic N) is 3. The number of thiophene rings is 1. The van der Waals surface area contributed by atoms with Crippen molar-refractivity contribution in [1.82, 2.24) is 20.1 Å². The normalized spacial score (nSPS) is 12.1. The van der Waals surface area contributed by atoms with E-state index in [0.29, 0.717) is 12.3 Å².